The van der Waals surface area contributed by atoms with E-state index in [1.165, 1.54) is 16.7 Å². The molecule has 130 valence electrons. The summed E-state index contributed by atoms with van der Waals surface area (Å²) >= 11 is 0. The van der Waals surface area contributed by atoms with Crippen LogP contribution in [0.2, 0.25) is 0 Å². The predicted molar refractivity (Wildman–Crippen MR) is 101 cm³/mol. The lowest BCUT2D eigenvalue weighted by Crippen LogP contribution is -2.26. The largest absolute Gasteiger partial charge is 0.493 e. The molecule has 0 saturated carbocycles. The van der Waals surface area contributed by atoms with Gasteiger partial charge in [-0.05, 0) is 66.1 Å². The van der Waals surface area contributed by atoms with Crippen LogP contribution in [0.25, 0.3) is 11.6 Å². The standard InChI is InChI=1S/C22H24O3/c1-14(11-16-5-7-17(8-6-16)21(23)24)18-13-20-19(12-15(18)2)22(3,4)9-10-25-20/h5-8,11-13H,9-10H2,1-4H3,(H,23,24). The van der Waals surface area contributed by atoms with Gasteiger partial charge in [0.25, 0.3) is 0 Å². The van der Waals surface area contributed by atoms with E-state index in [0.29, 0.717) is 5.56 Å². The van der Waals surface area contributed by atoms with Gasteiger partial charge in [-0.2, -0.15) is 0 Å². The highest BCUT2D eigenvalue weighted by Crippen LogP contribution is 2.41. The molecule has 1 aliphatic rings. The van der Waals surface area contributed by atoms with E-state index >= 15 is 0 Å². The first-order chi connectivity index (χ1) is 11.8. The molecule has 0 fully saturated rings. The Morgan fingerprint density at radius 3 is 2.52 bits per heavy atom. The number of benzene rings is 2. The average molecular weight is 336 g/mol. The number of hydrogen-bond acceptors (Lipinski definition) is 2. The number of carboxylic acid groups (broad SMARTS) is 1. The minimum atomic E-state index is -0.905. The number of aryl methyl sites for hydroxylation is 1. The zero-order chi connectivity index (χ0) is 18.2. The van der Waals surface area contributed by atoms with Crippen LogP contribution in [-0.4, -0.2) is 17.7 Å². The van der Waals surface area contributed by atoms with Gasteiger partial charge in [0.2, 0.25) is 0 Å². The molecule has 0 aliphatic carbocycles. The normalized spacial score (nSPS) is 16.1. The van der Waals surface area contributed by atoms with Gasteiger partial charge in [-0.1, -0.05) is 38.1 Å². The molecule has 1 heterocycles. The minimum absolute atomic E-state index is 0.140. The molecule has 0 radical (unpaired) electrons. The van der Waals surface area contributed by atoms with Crippen molar-refractivity contribution in [2.45, 2.75) is 39.5 Å². The highest BCUT2D eigenvalue weighted by Gasteiger charge is 2.29. The van der Waals surface area contributed by atoms with Crippen LogP contribution in [0.3, 0.4) is 0 Å². The molecule has 3 heteroatoms. The number of ether oxygens (including phenoxy) is 1. The summed E-state index contributed by atoms with van der Waals surface area (Å²) in [6, 6.07) is 11.3. The monoisotopic (exact) mass is 336 g/mol. The molecule has 3 nitrogen and oxygen atoms in total. The molecule has 0 spiro atoms. The Hall–Kier alpha value is -2.55. The van der Waals surface area contributed by atoms with Crippen LogP contribution in [0.5, 0.6) is 5.75 Å². The van der Waals surface area contributed by atoms with Crippen molar-refractivity contribution in [3.63, 3.8) is 0 Å². The van der Waals surface area contributed by atoms with E-state index in [9.17, 15) is 4.79 Å². The highest BCUT2D eigenvalue weighted by atomic mass is 16.5. The minimum Gasteiger partial charge on any atom is -0.493 e. The lowest BCUT2D eigenvalue weighted by molar-refractivity contribution is 0.0697. The lowest BCUT2D eigenvalue weighted by atomic mass is 9.78. The summed E-state index contributed by atoms with van der Waals surface area (Å²) in [6.07, 6.45) is 3.11. The molecule has 0 atom stereocenters. The Morgan fingerprint density at radius 2 is 1.88 bits per heavy atom. The van der Waals surface area contributed by atoms with Crippen molar-refractivity contribution in [3.8, 4) is 5.75 Å². The van der Waals surface area contributed by atoms with Crippen LogP contribution in [0.4, 0.5) is 0 Å². The van der Waals surface area contributed by atoms with Crippen molar-refractivity contribution in [3.05, 3.63) is 64.2 Å². The van der Waals surface area contributed by atoms with Gasteiger partial charge < -0.3 is 9.84 Å². The van der Waals surface area contributed by atoms with Crippen molar-refractivity contribution >= 4 is 17.6 Å². The van der Waals surface area contributed by atoms with Gasteiger partial charge in [0.1, 0.15) is 5.75 Å². The first-order valence-electron chi connectivity index (χ1n) is 8.58. The molecule has 0 bridgehead atoms. The highest BCUT2D eigenvalue weighted by molar-refractivity contribution is 5.88. The molecular weight excluding hydrogens is 312 g/mol. The van der Waals surface area contributed by atoms with E-state index in [-0.39, 0.29) is 5.41 Å². The Labute approximate surface area is 149 Å². The molecule has 0 amide bonds. The van der Waals surface area contributed by atoms with E-state index in [2.05, 4.69) is 45.9 Å². The molecule has 1 N–H and O–H groups in total. The second-order valence-corrected chi connectivity index (χ2v) is 7.40. The molecule has 25 heavy (non-hydrogen) atoms. The summed E-state index contributed by atoms with van der Waals surface area (Å²) in [6.45, 7) is 9.49. The Morgan fingerprint density at radius 1 is 1.20 bits per heavy atom. The maximum absolute atomic E-state index is 11.0. The molecule has 0 aromatic heterocycles. The van der Waals surface area contributed by atoms with E-state index in [0.717, 1.165) is 29.9 Å². The topological polar surface area (TPSA) is 46.5 Å². The van der Waals surface area contributed by atoms with Gasteiger partial charge in [0.05, 0.1) is 12.2 Å². The number of rotatable bonds is 3. The SMILES string of the molecule is CC(=Cc1ccc(C(=O)O)cc1)c1cc2c(cc1C)C(C)(C)CCO2. The van der Waals surface area contributed by atoms with Gasteiger partial charge in [0.15, 0.2) is 0 Å². The lowest BCUT2D eigenvalue weighted by Gasteiger charge is -2.33. The van der Waals surface area contributed by atoms with E-state index in [1.54, 1.807) is 12.1 Å². The van der Waals surface area contributed by atoms with Gasteiger partial charge in [0, 0.05) is 5.56 Å². The number of aromatic carboxylic acids is 1. The Bertz CT molecular complexity index is 842. The van der Waals surface area contributed by atoms with E-state index < -0.39 is 5.97 Å². The molecular formula is C22H24O3. The third-order valence-electron chi connectivity index (χ3n) is 5.01. The van der Waals surface area contributed by atoms with Crippen molar-refractivity contribution in [1.82, 2.24) is 0 Å². The number of carbonyl (C=O) groups is 1. The van der Waals surface area contributed by atoms with Crippen molar-refractivity contribution < 1.29 is 14.6 Å². The smallest absolute Gasteiger partial charge is 0.335 e. The number of allylic oxidation sites excluding steroid dienone is 1. The van der Waals surface area contributed by atoms with Crippen LogP contribution < -0.4 is 4.74 Å². The number of fused-ring (bicyclic) bond motifs is 1. The molecule has 3 rings (SSSR count). The molecule has 0 saturated heterocycles. The zero-order valence-electron chi connectivity index (χ0n) is 15.2. The molecule has 1 aliphatic heterocycles. The quantitative estimate of drug-likeness (QED) is 0.772. The Kier molecular flexibility index (Phi) is 4.42. The van der Waals surface area contributed by atoms with Crippen molar-refractivity contribution in [2.75, 3.05) is 6.61 Å². The predicted octanol–water partition coefficient (Wildman–Crippen LogP) is 5.31. The summed E-state index contributed by atoms with van der Waals surface area (Å²) in [5.41, 5.74) is 6.23. The van der Waals surface area contributed by atoms with Crippen molar-refractivity contribution in [1.29, 1.82) is 0 Å². The van der Waals surface area contributed by atoms with Crippen LogP contribution in [0.1, 0.15) is 59.8 Å². The van der Waals surface area contributed by atoms with Crippen LogP contribution in [0, 0.1) is 6.92 Å². The first-order valence-corrected chi connectivity index (χ1v) is 8.58. The summed E-state index contributed by atoms with van der Waals surface area (Å²) in [4.78, 5) is 11.0. The third kappa shape index (κ3) is 3.46. The maximum Gasteiger partial charge on any atom is 0.335 e. The van der Waals surface area contributed by atoms with Crippen LogP contribution in [-0.2, 0) is 5.41 Å². The fourth-order valence-electron chi connectivity index (χ4n) is 3.36. The van der Waals surface area contributed by atoms with Crippen LogP contribution >= 0.6 is 0 Å². The second kappa shape index (κ2) is 6.40. The van der Waals surface area contributed by atoms with E-state index in [1.807, 2.05) is 12.1 Å². The summed E-state index contributed by atoms with van der Waals surface area (Å²) < 4.78 is 5.90. The average Bonchev–Trinajstić information content (AvgIpc) is 2.55. The van der Waals surface area contributed by atoms with Gasteiger partial charge in [-0.25, -0.2) is 4.79 Å². The van der Waals surface area contributed by atoms with Crippen molar-refractivity contribution in [2.24, 2.45) is 0 Å². The third-order valence-corrected chi connectivity index (χ3v) is 5.01. The van der Waals surface area contributed by atoms with Gasteiger partial charge in [-0.3, -0.25) is 0 Å². The summed E-state index contributed by atoms with van der Waals surface area (Å²) in [7, 11) is 0. The zero-order valence-corrected chi connectivity index (χ0v) is 15.2. The Balaban J connectivity index is 1.97. The molecule has 0 unspecified atom stereocenters. The fourth-order valence-corrected chi connectivity index (χ4v) is 3.36. The summed E-state index contributed by atoms with van der Waals surface area (Å²) in [5, 5.41) is 9.00. The second-order valence-electron chi connectivity index (χ2n) is 7.40. The van der Waals surface area contributed by atoms with Gasteiger partial charge in [-0.15, -0.1) is 0 Å². The van der Waals surface area contributed by atoms with Crippen LogP contribution in [0.15, 0.2) is 36.4 Å². The molecule has 2 aromatic rings. The summed E-state index contributed by atoms with van der Waals surface area (Å²) in [5.74, 6) is 0.0726. The number of hydrogen-bond donors (Lipinski definition) is 1. The fraction of sp³-hybridized carbons (Fsp3) is 0.318. The maximum atomic E-state index is 11.0. The molecule has 2 aromatic carbocycles. The number of carboxylic acids is 1. The van der Waals surface area contributed by atoms with Gasteiger partial charge >= 0.3 is 5.97 Å². The van der Waals surface area contributed by atoms with E-state index in [4.69, 9.17) is 9.84 Å². The first kappa shape index (κ1) is 17.3.